The molecule has 0 amide bonds. The molecule has 0 saturated carbocycles. The summed E-state index contributed by atoms with van der Waals surface area (Å²) in [6.45, 7) is 4.47. The predicted octanol–water partition coefficient (Wildman–Crippen LogP) is 4.38. The van der Waals surface area contributed by atoms with Gasteiger partial charge in [-0.05, 0) is 44.2 Å². The first-order valence-corrected chi connectivity index (χ1v) is 10.2. The second-order valence-corrected chi connectivity index (χ2v) is 7.47. The lowest BCUT2D eigenvalue weighted by Gasteiger charge is -2.21. The number of aryl methyl sites for hydroxylation is 1. The molecule has 0 spiro atoms. The van der Waals surface area contributed by atoms with Crippen molar-refractivity contribution in [2.45, 2.75) is 32.6 Å². The number of fused-ring (bicyclic) bond motifs is 2. The number of hydrogen-bond donors (Lipinski definition) is 1. The molecule has 8 nitrogen and oxygen atoms in total. The summed E-state index contributed by atoms with van der Waals surface area (Å²) in [6, 6.07) is 9.46. The van der Waals surface area contributed by atoms with Gasteiger partial charge in [-0.2, -0.15) is 0 Å². The smallest absolute Gasteiger partial charge is 0.230 e. The molecule has 0 saturated heterocycles. The van der Waals surface area contributed by atoms with Crippen molar-refractivity contribution in [3.05, 3.63) is 65.5 Å². The van der Waals surface area contributed by atoms with E-state index in [2.05, 4.69) is 25.3 Å². The third-order valence-corrected chi connectivity index (χ3v) is 5.38. The maximum Gasteiger partial charge on any atom is 0.230 e. The van der Waals surface area contributed by atoms with Gasteiger partial charge in [0.2, 0.25) is 11.9 Å². The number of carbonyl (C=O) groups is 1. The maximum absolute atomic E-state index is 12.5. The predicted molar refractivity (Wildman–Crippen MR) is 115 cm³/mol. The van der Waals surface area contributed by atoms with Crippen LogP contribution in [0.4, 0.5) is 11.9 Å². The normalized spacial score (nSPS) is 15.7. The van der Waals surface area contributed by atoms with E-state index in [0.717, 1.165) is 28.1 Å². The molecule has 5 rings (SSSR count). The van der Waals surface area contributed by atoms with Crippen molar-refractivity contribution in [1.29, 1.82) is 0 Å². The lowest BCUT2D eigenvalue weighted by molar-refractivity contribution is 0.0958. The van der Waals surface area contributed by atoms with E-state index in [9.17, 15) is 4.79 Å². The van der Waals surface area contributed by atoms with E-state index in [1.165, 1.54) is 0 Å². The summed E-state index contributed by atoms with van der Waals surface area (Å²) in [5, 5.41) is 4.01. The molecule has 1 atom stereocenters. The van der Waals surface area contributed by atoms with E-state index in [-0.39, 0.29) is 11.7 Å². The van der Waals surface area contributed by atoms with Crippen LogP contribution in [-0.4, -0.2) is 32.3 Å². The molecule has 3 aromatic heterocycles. The van der Waals surface area contributed by atoms with Gasteiger partial charge in [0.25, 0.3) is 0 Å². The summed E-state index contributed by atoms with van der Waals surface area (Å²) in [4.78, 5) is 30.6. The minimum Gasteiger partial charge on any atom is -0.494 e. The van der Waals surface area contributed by atoms with Crippen LogP contribution in [0.1, 0.15) is 46.8 Å². The number of aromatic nitrogens is 4. The van der Waals surface area contributed by atoms with E-state index in [0.29, 0.717) is 42.6 Å². The van der Waals surface area contributed by atoms with Crippen LogP contribution in [-0.2, 0) is 6.42 Å². The first-order valence-electron chi connectivity index (χ1n) is 10.2. The topological polar surface area (TPSA) is 103 Å². The van der Waals surface area contributed by atoms with Crippen LogP contribution in [0.15, 0.2) is 47.2 Å². The molecule has 0 fully saturated rings. The molecule has 0 unspecified atom stereocenters. The van der Waals surface area contributed by atoms with Crippen LogP contribution in [0.25, 0.3) is 10.9 Å². The lowest BCUT2D eigenvalue weighted by Crippen LogP contribution is -2.21. The van der Waals surface area contributed by atoms with Crippen molar-refractivity contribution in [3.63, 3.8) is 0 Å². The average molecular weight is 415 g/mol. The summed E-state index contributed by atoms with van der Waals surface area (Å²) in [5.74, 6) is 2.35. The average Bonchev–Trinajstić information content (AvgIpc) is 3.29. The van der Waals surface area contributed by atoms with Crippen LogP contribution in [0, 0.1) is 6.92 Å². The van der Waals surface area contributed by atoms with Crippen molar-refractivity contribution in [3.8, 4) is 5.75 Å². The number of carbonyl (C=O) groups excluding carboxylic acids is 1. The molecular formula is C23H21N5O3. The highest BCUT2D eigenvalue weighted by Crippen LogP contribution is 2.32. The number of hydrogen-bond acceptors (Lipinski definition) is 8. The fourth-order valence-corrected chi connectivity index (χ4v) is 3.90. The Morgan fingerprint density at radius 1 is 1.16 bits per heavy atom. The Labute approximate surface area is 178 Å². The Hall–Kier alpha value is -3.81. The van der Waals surface area contributed by atoms with Gasteiger partial charge in [0.05, 0.1) is 35.3 Å². The lowest BCUT2D eigenvalue weighted by atomic mass is 9.85. The first kappa shape index (κ1) is 19.2. The molecule has 1 aliphatic carbocycles. The number of furan rings is 1. The number of ketones is 1. The molecule has 0 radical (unpaired) electrons. The number of rotatable bonds is 5. The van der Waals surface area contributed by atoms with Crippen LogP contribution >= 0.6 is 0 Å². The fourth-order valence-electron chi connectivity index (χ4n) is 3.90. The zero-order valence-electron chi connectivity index (χ0n) is 17.3. The van der Waals surface area contributed by atoms with Crippen LogP contribution < -0.4 is 10.1 Å². The molecule has 8 heteroatoms. The Morgan fingerprint density at radius 2 is 2.06 bits per heavy atom. The number of nitrogens with zero attached hydrogens (tertiary/aromatic N) is 4. The largest absolute Gasteiger partial charge is 0.494 e. The zero-order chi connectivity index (χ0) is 21.4. The fraction of sp³-hybridized carbons (Fsp3) is 0.261. The Kier molecular flexibility index (Phi) is 4.82. The molecule has 4 aromatic rings. The van der Waals surface area contributed by atoms with Crippen LogP contribution in [0.2, 0.25) is 0 Å². The minimum absolute atomic E-state index is 0.0172. The molecule has 1 aliphatic rings. The molecule has 156 valence electrons. The summed E-state index contributed by atoms with van der Waals surface area (Å²) < 4.78 is 11.1. The number of ether oxygens (including phenoxy) is 1. The summed E-state index contributed by atoms with van der Waals surface area (Å²) in [6.07, 6.45) is 4.21. The molecule has 1 N–H and O–H groups in total. The Bertz CT molecular complexity index is 1270. The second kappa shape index (κ2) is 7.79. The van der Waals surface area contributed by atoms with E-state index >= 15 is 0 Å². The van der Waals surface area contributed by atoms with Gasteiger partial charge in [-0.25, -0.2) is 19.9 Å². The van der Waals surface area contributed by atoms with Gasteiger partial charge in [0, 0.05) is 30.3 Å². The molecule has 1 aromatic carbocycles. The SMILES string of the molecule is CCOc1ccc2nc(Nc3ncc4c(n3)C[C@@H](c3ccco3)CC4=O)nc(C)c2c1. The van der Waals surface area contributed by atoms with Crippen molar-refractivity contribution in [1.82, 2.24) is 19.9 Å². The van der Waals surface area contributed by atoms with Gasteiger partial charge in [0.15, 0.2) is 5.78 Å². The van der Waals surface area contributed by atoms with Crippen LogP contribution in [0.5, 0.6) is 5.75 Å². The van der Waals surface area contributed by atoms with Gasteiger partial charge < -0.3 is 9.15 Å². The highest BCUT2D eigenvalue weighted by molar-refractivity contribution is 5.98. The minimum atomic E-state index is -0.0172. The van der Waals surface area contributed by atoms with Gasteiger partial charge >= 0.3 is 0 Å². The van der Waals surface area contributed by atoms with E-state index < -0.39 is 0 Å². The second-order valence-electron chi connectivity index (χ2n) is 7.47. The third-order valence-electron chi connectivity index (χ3n) is 5.38. The van der Waals surface area contributed by atoms with Gasteiger partial charge in [0.1, 0.15) is 11.5 Å². The molecular weight excluding hydrogens is 394 g/mol. The maximum atomic E-state index is 12.5. The molecule has 0 bridgehead atoms. The quantitative estimate of drug-likeness (QED) is 0.512. The van der Waals surface area contributed by atoms with Crippen molar-refractivity contribution >= 4 is 28.6 Å². The van der Waals surface area contributed by atoms with E-state index in [1.54, 1.807) is 12.5 Å². The summed E-state index contributed by atoms with van der Waals surface area (Å²) in [5.41, 5.74) is 2.88. The number of benzene rings is 1. The van der Waals surface area contributed by atoms with Gasteiger partial charge in [-0.3, -0.25) is 10.1 Å². The summed E-state index contributed by atoms with van der Waals surface area (Å²) in [7, 11) is 0. The highest BCUT2D eigenvalue weighted by atomic mass is 16.5. The molecule has 31 heavy (non-hydrogen) atoms. The van der Waals surface area contributed by atoms with Crippen molar-refractivity contribution in [2.75, 3.05) is 11.9 Å². The monoisotopic (exact) mass is 415 g/mol. The number of nitrogens with one attached hydrogen (secondary N) is 1. The Balaban J connectivity index is 1.43. The number of anilines is 2. The first-order chi connectivity index (χ1) is 15.1. The zero-order valence-corrected chi connectivity index (χ0v) is 17.3. The van der Waals surface area contributed by atoms with Gasteiger partial charge in [-0.1, -0.05) is 0 Å². The van der Waals surface area contributed by atoms with E-state index in [4.69, 9.17) is 9.15 Å². The Morgan fingerprint density at radius 3 is 2.87 bits per heavy atom. The summed E-state index contributed by atoms with van der Waals surface area (Å²) >= 11 is 0. The van der Waals surface area contributed by atoms with Crippen molar-refractivity contribution in [2.24, 2.45) is 0 Å². The standard InChI is InChI=1S/C23H21N5O3/c1-3-30-15-6-7-18-16(11-15)13(2)25-23(26-18)28-22-24-12-17-19(27-22)9-14(10-20(17)29)21-5-4-8-31-21/h4-8,11-12,14H,3,9-10H2,1-2H3,(H,24,25,26,27,28)/t14-/m1/s1. The third kappa shape index (κ3) is 3.72. The number of Topliss-reactive ketones (excluding diaryl/α,β-unsaturated/α-hetero) is 1. The van der Waals surface area contributed by atoms with E-state index in [1.807, 2.05) is 44.2 Å². The molecule has 0 aliphatic heterocycles. The molecule has 3 heterocycles. The van der Waals surface area contributed by atoms with Gasteiger partial charge in [-0.15, -0.1) is 0 Å². The van der Waals surface area contributed by atoms with Crippen molar-refractivity contribution < 1.29 is 13.9 Å². The van der Waals surface area contributed by atoms with Crippen LogP contribution in [0.3, 0.4) is 0 Å². The highest BCUT2D eigenvalue weighted by Gasteiger charge is 2.29.